The molecule has 3 aromatic rings. The zero-order valence-corrected chi connectivity index (χ0v) is 17.5. The fourth-order valence-corrected chi connectivity index (χ4v) is 3.65. The van der Waals surface area contributed by atoms with Crippen molar-refractivity contribution in [3.05, 3.63) is 65.9 Å². The smallest absolute Gasteiger partial charge is 0.291 e. The van der Waals surface area contributed by atoms with Crippen molar-refractivity contribution >= 4 is 29.3 Å². The van der Waals surface area contributed by atoms with E-state index in [0.29, 0.717) is 35.9 Å². The van der Waals surface area contributed by atoms with Crippen LogP contribution in [-0.2, 0) is 12.8 Å². The first-order valence-electron chi connectivity index (χ1n) is 9.41. The number of imidazole rings is 1. The average molecular weight is 413 g/mol. The van der Waals surface area contributed by atoms with Gasteiger partial charge in [0.15, 0.2) is 10.9 Å². The normalized spacial score (nSPS) is 10.7. The summed E-state index contributed by atoms with van der Waals surface area (Å²) in [6.45, 7) is 5.15. The van der Waals surface area contributed by atoms with E-state index in [4.69, 9.17) is 4.42 Å². The van der Waals surface area contributed by atoms with Crippen LogP contribution in [0.1, 0.15) is 40.5 Å². The first-order chi connectivity index (χ1) is 14.0. The molecule has 0 spiro atoms. The Hall–Kier alpha value is -3.00. The molecule has 0 bridgehead atoms. The summed E-state index contributed by atoms with van der Waals surface area (Å²) in [5.41, 5.74) is 1.09. The molecule has 1 aromatic carbocycles. The molecule has 0 radical (unpaired) electrons. The molecule has 152 valence electrons. The number of hydrogen-bond donors (Lipinski definition) is 1. The molecular formula is C21H24N4O3S. The second-order valence-electron chi connectivity index (χ2n) is 6.39. The lowest BCUT2D eigenvalue weighted by Crippen LogP contribution is -2.30. The molecule has 0 saturated heterocycles. The number of hydrogen-bond acceptors (Lipinski definition) is 5. The Balaban J connectivity index is 1.63. The number of carbonyl (C=O) groups excluding carboxylic acids is 2. The highest BCUT2D eigenvalue weighted by Gasteiger charge is 2.15. The Morgan fingerprint density at radius 2 is 2.00 bits per heavy atom. The number of nitrogens with one attached hydrogen (secondary N) is 1. The zero-order chi connectivity index (χ0) is 20.8. The van der Waals surface area contributed by atoms with E-state index in [0.717, 1.165) is 5.16 Å². The predicted octanol–water partition coefficient (Wildman–Crippen LogP) is 4.04. The highest BCUT2D eigenvalue weighted by Crippen LogP contribution is 2.22. The maximum Gasteiger partial charge on any atom is 0.291 e. The van der Waals surface area contributed by atoms with Gasteiger partial charge in [-0.1, -0.05) is 17.8 Å². The van der Waals surface area contributed by atoms with Gasteiger partial charge in [0, 0.05) is 43.8 Å². The van der Waals surface area contributed by atoms with E-state index in [1.807, 2.05) is 31.7 Å². The van der Waals surface area contributed by atoms with Gasteiger partial charge in [-0.15, -0.1) is 0 Å². The van der Waals surface area contributed by atoms with E-state index < -0.39 is 0 Å². The first kappa shape index (κ1) is 20.7. The van der Waals surface area contributed by atoms with Gasteiger partial charge in [0.1, 0.15) is 5.76 Å². The standard InChI is InChI=1S/C21H24N4O3S/c1-4-25(5-2)20(27)15-7-6-8-16(13-15)23-19(26)18-10-9-17(28-18)14-29-21-22-11-12-24(21)3/h6-13H,4-5,14H2,1-3H3,(H,23,26). The zero-order valence-electron chi connectivity index (χ0n) is 16.7. The molecule has 1 N–H and O–H groups in total. The molecule has 2 aromatic heterocycles. The van der Waals surface area contributed by atoms with E-state index in [2.05, 4.69) is 10.3 Å². The Morgan fingerprint density at radius 1 is 1.21 bits per heavy atom. The van der Waals surface area contributed by atoms with Gasteiger partial charge in [-0.05, 0) is 44.2 Å². The van der Waals surface area contributed by atoms with Gasteiger partial charge in [-0.2, -0.15) is 0 Å². The lowest BCUT2D eigenvalue weighted by atomic mass is 10.1. The summed E-state index contributed by atoms with van der Waals surface area (Å²) in [4.78, 5) is 31.0. The Labute approximate surface area is 174 Å². The van der Waals surface area contributed by atoms with Gasteiger partial charge < -0.3 is 19.2 Å². The molecule has 2 amide bonds. The molecule has 0 aliphatic carbocycles. The van der Waals surface area contributed by atoms with E-state index in [1.165, 1.54) is 11.8 Å². The lowest BCUT2D eigenvalue weighted by Gasteiger charge is -2.18. The van der Waals surface area contributed by atoms with Gasteiger partial charge in [0.05, 0.1) is 5.75 Å². The summed E-state index contributed by atoms with van der Waals surface area (Å²) in [5, 5.41) is 3.67. The third-order valence-corrected chi connectivity index (χ3v) is 5.50. The van der Waals surface area contributed by atoms with Crippen LogP contribution in [-0.4, -0.2) is 39.4 Å². The van der Waals surface area contributed by atoms with E-state index >= 15 is 0 Å². The molecule has 0 aliphatic heterocycles. The molecule has 0 atom stereocenters. The Kier molecular flexibility index (Phi) is 6.77. The lowest BCUT2D eigenvalue weighted by molar-refractivity contribution is 0.0772. The van der Waals surface area contributed by atoms with Crippen LogP contribution in [0.15, 0.2) is 58.4 Å². The summed E-state index contributed by atoms with van der Waals surface area (Å²) in [6.07, 6.45) is 3.62. The second kappa shape index (κ2) is 9.47. The molecule has 2 heterocycles. The maximum absolute atomic E-state index is 12.5. The Morgan fingerprint density at radius 3 is 2.69 bits per heavy atom. The van der Waals surface area contributed by atoms with Gasteiger partial charge >= 0.3 is 0 Å². The number of carbonyl (C=O) groups is 2. The molecule has 0 saturated carbocycles. The molecule has 0 aliphatic rings. The van der Waals surface area contributed by atoms with Crippen molar-refractivity contribution in [2.24, 2.45) is 7.05 Å². The van der Waals surface area contributed by atoms with Crippen LogP contribution < -0.4 is 5.32 Å². The largest absolute Gasteiger partial charge is 0.455 e. The van der Waals surface area contributed by atoms with Crippen LogP contribution in [0.5, 0.6) is 0 Å². The van der Waals surface area contributed by atoms with Gasteiger partial charge in [-0.25, -0.2) is 4.98 Å². The van der Waals surface area contributed by atoms with Crippen molar-refractivity contribution in [2.75, 3.05) is 18.4 Å². The number of thioether (sulfide) groups is 1. The van der Waals surface area contributed by atoms with Crippen LogP contribution in [0.4, 0.5) is 5.69 Å². The van der Waals surface area contributed by atoms with E-state index in [1.54, 1.807) is 47.5 Å². The van der Waals surface area contributed by atoms with Crippen molar-refractivity contribution in [1.29, 1.82) is 0 Å². The summed E-state index contributed by atoms with van der Waals surface area (Å²) in [6, 6.07) is 10.4. The van der Waals surface area contributed by atoms with Crippen LogP contribution in [0.25, 0.3) is 0 Å². The molecular weight excluding hydrogens is 388 g/mol. The number of aryl methyl sites for hydroxylation is 1. The van der Waals surface area contributed by atoms with Crippen molar-refractivity contribution < 1.29 is 14.0 Å². The van der Waals surface area contributed by atoms with Crippen LogP contribution in [0.2, 0.25) is 0 Å². The molecule has 3 rings (SSSR count). The molecule has 29 heavy (non-hydrogen) atoms. The topological polar surface area (TPSA) is 80.4 Å². The van der Waals surface area contributed by atoms with E-state index in [9.17, 15) is 9.59 Å². The third kappa shape index (κ3) is 5.08. The number of anilines is 1. The number of benzene rings is 1. The first-order valence-corrected chi connectivity index (χ1v) is 10.4. The molecule has 0 fully saturated rings. The Bertz CT molecular complexity index is 991. The minimum atomic E-state index is -0.356. The van der Waals surface area contributed by atoms with Crippen molar-refractivity contribution in [3.8, 4) is 0 Å². The summed E-state index contributed by atoms with van der Waals surface area (Å²) < 4.78 is 7.59. The number of amides is 2. The van der Waals surface area contributed by atoms with Crippen molar-refractivity contribution in [2.45, 2.75) is 24.8 Å². The second-order valence-corrected chi connectivity index (χ2v) is 7.33. The van der Waals surface area contributed by atoms with Crippen LogP contribution in [0, 0.1) is 0 Å². The number of aromatic nitrogens is 2. The van der Waals surface area contributed by atoms with Crippen molar-refractivity contribution in [3.63, 3.8) is 0 Å². The minimum Gasteiger partial charge on any atom is -0.455 e. The summed E-state index contributed by atoms with van der Waals surface area (Å²) in [5.74, 6) is 1.07. The minimum absolute atomic E-state index is 0.0577. The van der Waals surface area contributed by atoms with Gasteiger partial charge in [-0.3, -0.25) is 9.59 Å². The van der Waals surface area contributed by atoms with Crippen molar-refractivity contribution in [1.82, 2.24) is 14.5 Å². The fourth-order valence-electron chi connectivity index (χ4n) is 2.82. The third-order valence-electron chi connectivity index (χ3n) is 4.42. The van der Waals surface area contributed by atoms with Crippen LogP contribution >= 0.6 is 11.8 Å². The quantitative estimate of drug-likeness (QED) is 0.565. The summed E-state index contributed by atoms with van der Waals surface area (Å²) >= 11 is 1.53. The molecule has 0 unspecified atom stereocenters. The van der Waals surface area contributed by atoms with Crippen LogP contribution in [0.3, 0.4) is 0 Å². The average Bonchev–Trinajstić information content (AvgIpc) is 3.36. The number of nitrogens with zero attached hydrogens (tertiary/aromatic N) is 3. The number of rotatable bonds is 8. The highest BCUT2D eigenvalue weighted by molar-refractivity contribution is 7.98. The van der Waals surface area contributed by atoms with E-state index in [-0.39, 0.29) is 17.6 Å². The molecule has 8 heteroatoms. The SMILES string of the molecule is CCN(CC)C(=O)c1cccc(NC(=O)c2ccc(CSc3nccn3C)o2)c1. The monoisotopic (exact) mass is 412 g/mol. The summed E-state index contributed by atoms with van der Waals surface area (Å²) in [7, 11) is 1.93. The molecule has 7 nitrogen and oxygen atoms in total. The fraction of sp³-hybridized carbons (Fsp3) is 0.286. The van der Waals surface area contributed by atoms with Gasteiger partial charge in [0.25, 0.3) is 11.8 Å². The van der Waals surface area contributed by atoms with Gasteiger partial charge in [0.2, 0.25) is 0 Å². The maximum atomic E-state index is 12.5. The number of furan rings is 1. The predicted molar refractivity (Wildman–Crippen MR) is 113 cm³/mol. The highest BCUT2D eigenvalue weighted by atomic mass is 32.2.